The molecule has 3 fully saturated rings. The lowest BCUT2D eigenvalue weighted by atomic mass is 9.79. The average Bonchev–Trinajstić information content (AvgIpc) is 2.70. The number of likely N-dealkylation sites (tertiary alicyclic amines) is 1. The van der Waals surface area contributed by atoms with Crippen molar-refractivity contribution >= 4 is 18.3 Å². The molecule has 19 heavy (non-hydrogen) atoms. The third-order valence-electron chi connectivity index (χ3n) is 5.13. The molecule has 2 saturated heterocycles. The Hall–Kier alpha value is -0.320. The van der Waals surface area contributed by atoms with E-state index in [0.717, 1.165) is 64.6 Å². The van der Waals surface area contributed by atoms with Gasteiger partial charge in [-0.05, 0) is 51.5 Å². The lowest BCUT2D eigenvalue weighted by Gasteiger charge is -2.36. The van der Waals surface area contributed by atoms with Gasteiger partial charge in [0.05, 0.1) is 11.5 Å². The van der Waals surface area contributed by atoms with Gasteiger partial charge in [-0.25, -0.2) is 0 Å². The fourth-order valence-electron chi connectivity index (χ4n) is 3.93. The minimum Gasteiger partial charge on any atom is -0.393 e. The number of rotatable bonds is 1. The molecule has 5 heteroatoms. The Labute approximate surface area is 121 Å². The Morgan fingerprint density at radius 1 is 1.21 bits per heavy atom. The summed E-state index contributed by atoms with van der Waals surface area (Å²) in [5.41, 5.74) is -0.0890. The van der Waals surface area contributed by atoms with Crippen molar-refractivity contribution in [3.05, 3.63) is 0 Å². The van der Waals surface area contributed by atoms with Gasteiger partial charge >= 0.3 is 0 Å². The highest BCUT2D eigenvalue weighted by Crippen LogP contribution is 2.40. The zero-order valence-corrected chi connectivity index (χ0v) is 12.3. The van der Waals surface area contributed by atoms with Crippen LogP contribution < -0.4 is 5.32 Å². The van der Waals surface area contributed by atoms with Crippen LogP contribution in [0, 0.1) is 5.41 Å². The fourth-order valence-corrected chi connectivity index (χ4v) is 3.93. The number of nitrogens with zero attached hydrogens (tertiary/aromatic N) is 1. The van der Waals surface area contributed by atoms with Gasteiger partial charge in [-0.1, -0.05) is 0 Å². The molecule has 0 aromatic heterocycles. The lowest BCUT2D eigenvalue weighted by Crippen LogP contribution is -2.48. The zero-order valence-electron chi connectivity index (χ0n) is 11.4. The van der Waals surface area contributed by atoms with Gasteiger partial charge in [-0.2, -0.15) is 0 Å². The lowest BCUT2D eigenvalue weighted by molar-refractivity contribution is -0.139. The molecular formula is C14H25ClN2O2. The SMILES string of the molecule is Cl.O=C1N([C@H]2CC[C@H](O)CC2)CCC12CCCNC2. The number of amides is 1. The number of aliphatic hydroxyl groups is 1. The second kappa shape index (κ2) is 5.98. The molecule has 2 aliphatic heterocycles. The van der Waals surface area contributed by atoms with E-state index in [1.807, 2.05) is 0 Å². The van der Waals surface area contributed by atoms with E-state index in [-0.39, 0.29) is 23.9 Å². The summed E-state index contributed by atoms with van der Waals surface area (Å²) in [6.45, 7) is 2.86. The molecule has 3 aliphatic rings. The van der Waals surface area contributed by atoms with Gasteiger partial charge in [0.1, 0.15) is 0 Å². The summed E-state index contributed by atoms with van der Waals surface area (Å²) >= 11 is 0. The van der Waals surface area contributed by atoms with Crippen molar-refractivity contribution in [2.45, 2.75) is 57.1 Å². The molecule has 1 spiro atoms. The minimum atomic E-state index is -0.135. The van der Waals surface area contributed by atoms with Crippen molar-refractivity contribution in [1.29, 1.82) is 0 Å². The van der Waals surface area contributed by atoms with E-state index < -0.39 is 0 Å². The van der Waals surface area contributed by atoms with Gasteiger partial charge in [0.2, 0.25) is 5.91 Å². The van der Waals surface area contributed by atoms with Crippen LogP contribution in [0.25, 0.3) is 0 Å². The van der Waals surface area contributed by atoms with E-state index in [9.17, 15) is 9.90 Å². The largest absolute Gasteiger partial charge is 0.393 e. The van der Waals surface area contributed by atoms with Gasteiger partial charge in [0, 0.05) is 19.1 Å². The van der Waals surface area contributed by atoms with E-state index in [4.69, 9.17) is 0 Å². The van der Waals surface area contributed by atoms with Crippen molar-refractivity contribution in [2.24, 2.45) is 5.41 Å². The summed E-state index contributed by atoms with van der Waals surface area (Å²) in [6.07, 6.45) is 6.77. The second-order valence-electron chi connectivity index (χ2n) is 6.27. The Bertz CT molecular complexity index is 323. The van der Waals surface area contributed by atoms with Gasteiger partial charge in [-0.15, -0.1) is 12.4 Å². The second-order valence-corrected chi connectivity index (χ2v) is 6.27. The summed E-state index contributed by atoms with van der Waals surface area (Å²) in [5.74, 6) is 0.385. The number of aliphatic hydroxyl groups excluding tert-OH is 1. The molecule has 0 aromatic rings. The Kier molecular flexibility index (Phi) is 4.75. The standard InChI is InChI=1S/C14H24N2O2.ClH/c17-12-4-2-11(3-5-12)16-9-7-14(13(16)18)6-1-8-15-10-14;/h11-12,15,17H,1-10H2;1H/t11-,12-,14?;. The third kappa shape index (κ3) is 2.76. The first-order valence-corrected chi connectivity index (χ1v) is 7.41. The van der Waals surface area contributed by atoms with Crippen LogP contribution in [0.2, 0.25) is 0 Å². The van der Waals surface area contributed by atoms with Crippen LogP contribution in [0.3, 0.4) is 0 Å². The summed E-state index contributed by atoms with van der Waals surface area (Å²) < 4.78 is 0. The van der Waals surface area contributed by atoms with E-state index in [1.54, 1.807) is 0 Å². The van der Waals surface area contributed by atoms with Crippen LogP contribution >= 0.6 is 12.4 Å². The number of nitrogens with one attached hydrogen (secondary N) is 1. The predicted octanol–water partition coefficient (Wildman–Crippen LogP) is 1.31. The maximum absolute atomic E-state index is 12.7. The zero-order chi connectivity index (χ0) is 12.6. The normalized spacial score (nSPS) is 39.4. The molecule has 2 heterocycles. The highest BCUT2D eigenvalue weighted by Gasteiger charge is 2.48. The predicted molar refractivity (Wildman–Crippen MR) is 76.4 cm³/mol. The summed E-state index contributed by atoms with van der Waals surface area (Å²) in [6, 6.07) is 0.391. The monoisotopic (exact) mass is 288 g/mol. The topological polar surface area (TPSA) is 52.6 Å². The molecule has 0 bridgehead atoms. The van der Waals surface area contributed by atoms with Crippen molar-refractivity contribution in [3.8, 4) is 0 Å². The number of carbonyl (C=O) groups is 1. The number of hydrogen-bond acceptors (Lipinski definition) is 3. The van der Waals surface area contributed by atoms with E-state index in [1.165, 1.54) is 0 Å². The van der Waals surface area contributed by atoms with Gasteiger partial charge in [0.15, 0.2) is 0 Å². The summed E-state index contributed by atoms with van der Waals surface area (Å²) in [5, 5.41) is 13.0. The first kappa shape index (κ1) is 15.1. The summed E-state index contributed by atoms with van der Waals surface area (Å²) in [7, 11) is 0. The number of piperidine rings is 1. The van der Waals surface area contributed by atoms with Crippen LogP contribution in [0.15, 0.2) is 0 Å². The molecule has 110 valence electrons. The Morgan fingerprint density at radius 3 is 2.58 bits per heavy atom. The maximum atomic E-state index is 12.7. The van der Waals surface area contributed by atoms with Gasteiger partial charge < -0.3 is 15.3 Å². The smallest absolute Gasteiger partial charge is 0.230 e. The molecule has 4 nitrogen and oxygen atoms in total. The molecule has 0 aromatic carbocycles. The molecule has 1 unspecified atom stereocenters. The van der Waals surface area contributed by atoms with Crippen molar-refractivity contribution < 1.29 is 9.90 Å². The van der Waals surface area contributed by atoms with E-state index in [2.05, 4.69) is 10.2 Å². The maximum Gasteiger partial charge on any atom is 0.230 e. The van der Waals surface area contributed by atoms with E-state index in [0.29, 0.717) is 11.9 Å². The van der Waals surface area contributed by atoms with Gasteiger partial charge in [-0.3, -0.25) is 4.79 Å². The molecule has 1 amide bonds. The van der Waals surface area contributed by atoms with Crippen LogP contribution in [0.4, 0.5) is 0 Å². The van der Waals surface area contributed by atoms with Crippen molar-refractivity contribution in [2.75, 3.05) is 19.6 Å². The molecule has 0 radical (unpaired) electrons. The molecular weight excluding hydrogens is 264 g/mol. The van der Waals surface area contributed by atoms with Gasteiger partial charge in [0.25, 0.3) is 0 Å². The van der Waals surface area contributed by atoms with Crippen LogP contribution in [-0.2, 0) is 4.79 Å². The number of carbonyl (C=O) groups excluding carboxylic acids is 1. The molecule has 1 saturated carbocycles. The fraction of sp³-hybridized carbons (Fsp3) is 0.929. The minimum absolute atomic E-state index is 0. The van der Waals surface area contributed by atoms with Crippen LogP contribution in [-0.4, -0.2) is 47.7 Å². The first-order valence-electron chi connectivity index (χ1n) is 7.41. The summed E-state index contributed by atoms with van der Waals surface area (Å²) in [4.78, 5) is 14.8. The number of halogens is 1. The Morgan fingerprint density at radius 2 is 1.95 bits per heavy atom. The molecule has 1 atom stereocenters. The number of hydrogen-bond donors (Lipinski definition) is 2. The quantitative estimate of drug-likeness (QED) is 0.765. The van der Waals surface area contributed by atoms with Crippen LogP contribution in [0.5, 0.6) is 0 Å². The van der Waals surface area contributed by atoms with Crippen LogP contribution in [0.1, 0.15) is 44.9 Å². The highest BCUT2D eigenvalue weighted by atomic mass is 35.5. The van der Waals surface area contributed by atoms with E-state index >= 15 is 0 Å². The highest BCUT2D eigenvalue weighted by molar-refractivity contribution is 5.85. The van der Waals surface area contributed by atoms with Crippen molar-refractivity contribution in [1.82, 2.24) is 10.2 Å². The average molecular weight is 289 g/mol. The molecule has 2 N–H and O–H groups in total. The molecule has 1 aliphatic carbocycles. The van der Waals surface area contributed by atoms with Crippen molar-refractivity contribution in [3.63, 3.8) is 0 Å². The first-order chi connectivity index (χ1) is 8.71. The third-order valence-corrected chi connectivity index (χ3v) is 5.13. The Balaban J connectivity index is 0.00000133. The molecule has 3 rings (SSSR count).